The molecule has 4 heteroatoms. The number of nitrogens with one attached hydrogen (secondary N) is 1. The molecule has 0 saturated carbocycles. The maximum atomic E-state index is 6.17. The zero-order valence-corrected chi connectivity index (χ0v) is 12.3. The number of hydrogen-bond acceptors (Lipinski definition) is 2. The van der Waals surface area contributed by atoms with Crippen LogP contribution in [0.4, 0.5) is 0 Å². The molecule has 0 bridgehead atoms. The van der Waals surface area contributed by atoms with Crippen LogP contribution in [0.15, 0.2) is 24.8 Å². The number of ether oxygens (including phenoxy) is 1. The van der Waals surface area contributed by atoms with Gasteiger partial charge in [0.1, 0.15) is 5.75 Å². The van der Waals surface area contributed by atoms with Crippen molar-refractivity contribution in [3.63, 3.8) is 0 Å². The molecule has 0 amide bonds. The largest absolute Gasteiger partial charge is 0.491 e. The fraction of sp³-hybridized carbons (Fsp3) is 0.429. The third-order valence-corrected chi connectivity index (χ3v) is 2.85. The molecular weight excluding hydrogens is 269 g/mol. The van der Waals surface area contributed by atoms with Gasteiger partial charge in [-0.25, -0.2) is 0 Å². The van der Waals surface area contributed by atoms with Crippen LogP contribution in [0.2, 0.25) is 10.0 Å². The second-order valence-electron chi connectivity index (χ2n) is 4.34. The molecule has 0 unspecified atom stereocenters. The van der Waals surface area contributed by atoms with Crippen molar-refractivity contribution in [3.8, 4) is 5.75 Å². The Hall–Kier alpha value is -0.700. The summed E-state index contributed by atoms with van der Waals surface area (Å²) < 4.78 is 5.69. The first-order valence-electron chi connectivity index (χ1n) is 5.99. The van der Waals surface area contributed by atoms with E-state index in [1.807, 2.05) is 12.1 Å². The summed E-state index contributed by atoms with van der Waals surface area (Å²) in [6.07, 6.45) is 2.60. The Morgan fingerprint density at radius 3 is 2.72 bits per heavy atom. The van der Waals surface area contributed by atoms with Crippen molar-refractivity contribution in [3.05, 3.63) is 40.4 Å². The van der Waals surface area contributed by atoms with E-state index < -0.39 is 0 Å². The van der Waals surface area contributed by atoms with E-state index in [1.54, 1.807) is 6.07 Å². The van der Waals surface area contributed by atoms with Gasteiger partial charge in [-0.2, -0.15) is 0 Å². The average molecular weight is 288 g/mol. The first kappa shape index (κ1) is 15.4. The predicted molar refractivity (Wildman–Crippen MR) is 78.7 cm³/mol. The first-order valence-corrected chi connectivity index (χ1v) is 6.75. The molecule has 0 radical (unpaired) electrons. The van der Waals surface area contributed by atoms with E-state index in [-0.39, 0.29) is 0 Å². The highest BCUT2D eigenvalue weighted by atomic mass is 35.5. The highest BCUT2D eigenvalue weighted by Gasteiger charge is 2.11. The Kier molecular flexibility index (Phi) is 6.55. The molecule has 0 aliphatic heterocycles. The van der Waals surface area contributed by atoms with Crippen molar-refractivity contribution in [2.75, 3.05) is 6.61 Å². The monoisotopic (exact) mass is 287 g/mol. The zero-order chi connectivity index (χ0) is 13.5. The second kappa shape index (κ2) is 7.67. The number of halogens is 2. The number of hydrogen-bond donors (Lipinski definition) is 1. The molecule has 2 nitrogen and oxygen atoms in total. The quantitative estimate of drug-likeness (QED) is 0.591. The van der Waals surface area contributed by atoms with Gasteiger partial charge in [-0.3, -0.25) is 0 Å². The SMILES string of the molecule is C=CCCOc1c(Cl)cc(Cl)cc1CNC(C)C. The van der Waals surface area contributed by atoms with Crippen LogP contribution in [0.25, 0.3) is 0 Å². The highest BCUT2D eigenvalue weighted by Crippen LogP contribution is 2.32. The van der Waals surface area contributed by atoms with E-state index in [9.17, 15) is 0 Å². The lowest BCUT2D eigenvalue weighted by Gasteiger charge is -2.15. The van der Waals surface area contributed by atoms with Crippen LogP contribution in [-0.2, 0) is 6.54 Å². The Labute approximate surface area is 119 Å². The van der Waals surface area contributed by atoms with Crippen molar-refractivity contribution in [1.82, 2.24) is 5.32 Å². The molecule has 0 aliphatic rings. The summed E-state index contributed by atoms with van der Waals surface area (Å²) in [5, 5.41) is 4.50. The summed E-state index contributed by atoms with van der Waals surface area (Å²) in [5.41, 5.74) is 0.977. The molecule has 0 heterocycles. The first-order chi connectivity index (χ1) is 8.54. The summed E-state index contributed by atoms with van der Waals surface area (Å²) in [5.74, 6) is 0.705. The topological polar surface area (TPSA) is 21.3 Å². The van der Waals surface area contributed by atoms with Gasteiger partial charge < -0.3 is 10.1 Å². The molecule has 0 atom stereocenters. The number of benzene rings is 1. The van der Waals surface area contributed by atoms with Crippen LogP contribution in [0.5, 0.6) is 5.75 Å². The van der Waals surface area contributed by atoms with Crippen molar-refractivity contribution in [1.29, 1.82) is 0 Å². The smallest absolute Gasteiger partial charge is 0.142 e. The second-order valence-corrected chi connectivity index (χ2v) is 5.18. The number of rotatable bonds is 7. The summed E-state index contributed by atoms with van der Waals surface area (Å²) in [4.78, 5) is 0. The molecule has 0 aliphatic carbocycles. The van der Waals surface area contributed by atoms with Crippen molar-refractivity contribution in [2.45, 2.75) is 32.9 Å². The van der Waals surface area contributed by atoms with E-state index in [4.69, 9.17) is 27.9 Å². The van der Waals surface area contributed by atoms with Crippen LogP contribution in [-0.4, -0.2) is 12.6 Å². The lowest BCUT2D eigenvalue weighted by Crippen LogP contribution is -2.22. The minimum Gasteiger partial charge on any atom is -0.491 e. The van der Waals surface area contributed by atoms with E-state index in [2.05, 4.69) is 25.7 Å². The summed E-state index contributed by atoms with van der Waals surface area (Å²) >= 11 is 12.2. The van der Waals surface area contributed by atoms with Crippen LogP contribution >= 0.6 is 23.2 Å². The third-order valence-electron chi connectivity index (χ3n) is 2.35. The normalized spacial score (nSPS) is 10.7. The molecule has 0 spiro atoms. The van der Waals surface area contributed by atoms with Gasteiger partial charge in [0.2, 0.25) is 0 Å². The summed E-state index contributed by atoms with van der Waals surface area (Å²) in [6, 6.07) is 3.97. The maximum absolute atomic E-state index is 6.17. The van der Waals surface area contributed by atoms with Gasteiger partial charge >= 0.3 is 0 Å². The Morgan fingerprint density at radius 1 is 1.39 bits per heavy atom. The average Bonchev–Trinajstić information content (AvgIpc) is 2.29. The fourth-order valence-electron chi connectivity index (χ4n) is 1.47. The molecule has 18 heavy (non-hydrogen) atoms. The van der Waals surface area contributed by atoms with E-state index in [0.717, 1.165) is 12.0 Å². The van der Waals surface area contributed by atoms with Crippen LogP contribution < -0.4 is 10.1 Å². The van der Waals surface area contributed by atoms with Gasteiger partial charge in [-0.1, -0.05) is 43.1 Å². The molecule has 0 saturated heterocycles. The molecule has 100 valence electrons. The van der Waals surface area contributed by atoms with E-state index in [1.165, 1.54) is 0 Å². The molecule has 1 aromatic carbocycles. The molecule has 0 fully saturated rings. The molecule has 1 rings (SSSR count). The van der Waals surface area contributed by atoms with Crippen LogP contribution in [0, 0.1) is 0 Å². The lowest BCUT2D eigenvalue weighted by molar-refractivity contribution is 0.320. The van der Waals surface area contributed by atoms with Gasteiger partial charge in [0.05, 0.1) is 11.6 Å². The summed E-state index contributed by atoms with van der Waals surface area (Å²) in [6.45, 7) is 9.09. The predicted octanol–water partition coefficient (Wildman–Crippen LogP) is 4.45. The van der Waals surface area contributed by atoms with Gasteiger partial charge in [0, 0.05) is 23.2 Å². The van der Waals surface area contributed by atoms with Crippen molar-refractivity contribution in [2.24, 2.45) is 0 Å². The minimum atomic E-state index is 0.392. The van der Waals surface area contributed by atoms with Gasteiger partial charge in [-0.15, -0.1) is 6.58 Å². The van der Waals surface area contributed by atoms with Gasteiger partial charge in [0.25, 0.3) is 0 Å². The van der Waals surface area contributed by atoms with Crippen LogP contribution in [0.1, 0.15) is 25.8 Å². The third kappa shape index (κ3) is 4.89. The lowest BCUT2D eigenvalue weighted by atomic mass is 10.2. The van der Waals surface area contributed by atoms with Gasteiger partial charge in [0.15, 0.2) is 0 Å². The standard InChI is InChI=1S/C14H19Cl2NO/c1-4-5-6-18-14-11(9-17-10(2)3)7-12(15)8-13(14)16/h4,7-8,10,17H,1,5-6,9H2,2-3H3. The highest BCUT2D eigenvalue weighted by molar-refractivity contribution is 6.35. The minimum absolute atomic E-state index is 0.392. The zero-order valence-electron chi connectivity index (χ0n) is 10.8. The molecular formula is C14H19Cl2NO. The Morgan fingerprint density at radius 2 is 2.11 bits per heavy atom. The van der Waals surface area contributed by atoms with E-state index in [0.29, 0.717) is 35.0 Å². The van der Waals surface area contributed by atoms with Gasteiger partial charge in [-0.05, 0) is 18.6 Å². The molecule has 0 aromatic heterocycles. The fourth-order valence-corrected chi connectivity index (χ4v) is 2.06. The summed E-state index contributed by atoms with van der Waals surface area (Å²) in [7, 11) is 0. The van der Waals surface area contributed by atoms with E-state index >= 15 is 0 Å². The van der Waals surface area contributed by atoms with Crippen LogP contribution in [0.3, 0.4) is 0 Å². The molecule has 1 N–H and O–H groups in total. The van der Waals surface area contributed by atoms with Crippen molar-refractivity contribution < 1.29 is 4.74 Å². The van der Waals surface area contributed by atoms with Crippen molar-refractivity contribution >= 4 is 23.2 Å². The maximum Gasteiger partial charge on any atom is 0.142 e. The Balaban J connectivity index is 2.86. The Bertz CT molecular complexity index is 405. The molecule has 1 aromatic rings.